The van der Waals surface area contributed by atoms with E-state index in [-0.39, 0.29) is 26.4 Å². The highest BCUT2D eigenvalue weighted by molar-refractivity contribution is 7.45. The second-order valence-corrected chi connectivity index (χ2v) is 8.01. The Morgan fingerprint density at radius 3 is 1.03 bits per heavy atom. The third-order valence-electron chi connectivity index (χ3n) is 3.96. The van der Waals surface area contributed by atoms with Crippen LogP contribution >= 0.6 is 7.82 Å². The van der Waals surface area contributed by atoms with Crippen molar-refractivity contribution >= 4 is 7.82 Å². The molecule has 0 bridgehead atoms. The van der Waals surface area contributed by atoms with Crippen LogP contribution in [0.15, 0.2) is 0 Å². The van der Waals surface area contributed by atoms with Crippen LogP contribution in [0.5, 0.6) is 0 Å². The Morgan fingerprint density at radius 1 is 0.600 bits per heavy atom. The van der Waals surface area contributed by atoms with Crippen molar-refractivity contribution in [3.05, 3.63) is 0 Å². The highest BCUT2D eigenvalue weighted by atomic mass is 31.2. The maximum atomic E-state index is 8.88. The second-order valence-electron chi connectivity index (χ2n) is 6.98. The summed E-state index contributed by atoms with van der Waals surface area (Å²) in [7, 11) is -4.64. The minimum Gasteiger partial charge on any atom is -0.394 e. The van der Waals surface area contributed by atoms with E-state index in [0.717, 1.165) is 0 Å². The first-order chi connectivity index (χ1) is 14.3. The van der Waals surface area contributed by atoms with Gasteiger partial charge in [-0.1, -0.05) is 109 Å². The van der Waals surface area contributed by atoms with Gasteiger partial charge in [0.15, 0.2) is 0 Å². The van der Waals surface area contributed by atoms with Crippen molar-refractivity contribution in [1.82, 2.24) is 5.64 Å². The molecule has 6 N–H and O–H groups in total. The predicted octanol–water partition coefficient (Wildman–Crippen LogP) is 3.98. The fraction of sp³-hybridized carbons (Fsp3) is 1.00. The van der Waals surface area contributed by atoms with Crippen molar-refractivity contribution in [2.45, 2.75) is 104 Å². The Balaban J connectivity index is -0.000000435. The molecule has 0 aromatic carbocycles. The van der Waals surface area contributed by atoms with Crippen LogP contribution in [0.4, 0.5) is 0 Å². The van der Waals surface area contributed by atoms with E-state index in [1.165, 1.54) is 89.9 Å². The van der Waals surface area contributed by atoms with Crippen LogP contribution in [0.2, 0.25) is 0 Å². The first-order valence-corrected chi connectivity index (χ1v) is 12.9. The molecule has 0 fully saturated rings. The summed E-state index contributed by atoms with van der Waals surface area (Å²) in [4.78, 5) is 30.5. The van der Waals surface area contributed by atoms with Gasteiger partial charge in [-0.05, 0) is 0 Å². The standard InChI is InChI=1S/C16H34.C4H11NO4.H3O4P/c1-3-5-7-9-11-13-15-16-14-12-10-8-6-4-2;6-1-3-8-5-9-4-2-7;1-5(2,3)4/h3-16H2,1-2H3;5-7H,1-4H2;(H3,1,2,3,4). The largest absolute Gasteiger partial charge is 0.466 e. The number of rotatable bonds is 19. The van der Waals surface area contributed by atoms with Crippen molar-refractivity contribution in [1.29, 1.82) is 0 Å². The topological polar surface area (TPSA) is 149 Å². The van der Waals surface area contributed by atoms with Crippen molar-refractivity contribution in [2.24, 2.45) is 0 Å². The highest BCUT2D eigenvalue weighted by Gasteiger charge is 2.00. The van der Waals surface area contributed by atoms with Gasteiger partial charge in [-0.3, -0.25) is 9.68 Å². The lowest BCUT2D eigenvalue weighted by molar-refractivity contribution is -0.178. The lowest BCUT2D eigenvalue weighted by Crippen LogP contribution is -2.19. The van der Waals surface area contributed by atoms with Crippen LogP contribution in [-0.2, 0) is 14.2 Å². The average molecular weight is 462 g/mol. The summed E-state index contributed by atoms with van der Waals surface area (Å²) >= 11 is 0. The van der Waals surface area contributed by atoms with Crippen LogP contribution in [0, 0.1) is 0 Å². The summed E-state index contributed by atoms with van der Waals surface area (Å²) in [6.45, 7) is 4.80. The summed E-state index contributed by atoms with van der Waals surface area (Å²) in [5.41, 5.74) is 2.07. The zero-order chi connectivity index (χ0) is 23.3. The Bertz CT molecular complexity index is 304. The lowest BCUT2D eigenvalue weighted by atomic mass is 10.0. The molecule has 0 saturated heterocycles. The van der Waals surface area contributed by atoms with Gasteiger partial charge in [0.1, 0.15) is 0 Å². The fourth-order valence-electron chi connectivity index (χ4n) is 2.48. The van der Waals surface area contributed by atoms with Crippen LogP contribution in [0.1, 0.15) is 104 Å². The van der Waals surface area contributed by atoms with E-state index in [4.69, 9.17) is 29.5 Å². The second kappa shape index (κ2) is 31.1. The third kappa shape index (κ3) is 56.5. The van der Waals surface area contributed by atoms with E-state index in [1.807, 2.05) is 0 Å². The maximum absolute atomic E-state index is 8.88. The average Bonchev–Trinajstić information content (AvgIpc) is 2.68. The van der Waals surface area contributed by atoms with Crippen LogP contribution < -0.4 is 5.64 Å². The van der Waals surface area contributed by atoms with Crippen molar-refractivity contribution in [3.8, 4) is 0 Å². The van der Waals surface area contributed by atoms with E-state index in [1.54, 1.807) is 0 Å². The Hall–Kier alpha value is -0.0900. The summed E-state index contributed by atoms with van der Waals surface area (Å²) < 4.78 is 8.88. The first-order valence-electron chi connectivity index (χ1n) is 11.3. The van der Waals surface area contributed by atoms with Gasteiger partial charge >= 0.3 is 7.82 Å². The van der Waals surface area contributed by atoms with Gasteiger partial charge in [0.05, 0.1) is 26.4 Å². The van der Waals surface area contributed by atoms with Gasteiger partial charge in [-0.25, -0.2) is 4.57 Å². The van der Waals surface area contributed by atoms with Crippen LogP contribution in [-0.4, -0.2) is 51.3 Å². The molecule has 0 aliphatic carbocycles. The molecule has 0 atom stereocenters. The minimum atomic E-state index is -4.64. The number of nitrogens with one attached hydrogen (secondary N) is 1. The molecular formula is C20H48NO8P. The molecule has 9 nitrogen and oxygen atoms in total. The van der Waals surface area contributed by atoms with Gasteiger partial charge < -0.3 is 24.9 Å². The summed E-state index contributed by atoms with van der Waals surface area (Å²) in [5, 5.41) is 16.3. The van der Waals surface area contributed by atoms with Gasteiger partial charge in [0.2, 0.25) is 0 Å². The molecule has 0 aromatic heterocycles. The normalized spacial score (nSPS) is 10.8. The molecule has 30 heavy (non-hydrogen) atoms. The highest BCUT2D eigenvalue weighted by Crippen LogP contribution is 2.25. The number of hydrogen-bond donors (Lipinski definition) is 6. The zero-order valence-corrected chi connectivity index (χ0v) is 20.0. The molecule has 0 radical (unpaired) electrons. The summed E-state index contributed by atoms with van der Waals surface area (Å²) in [5.74, 6) is 0. The van der Waals surface area contributed by atoms with Gasteiger partial charge in [0.25, 0.3) is 0 Å². The number of aliphatic hydroxyl groups excluding tert-OH is 2. The van der Waals surface area contributed by atoms with Gasteiger partial charge in [0, 0.05) is 0 Å². The van der Waals surface area contributed by atoms with Gasteiger partial charge in [-0.15, -0.1) is 0 Å². The molecule has 186 valence electrons. The predicted molar refractivity (Wildman–Crippen MR) is 119 cm³/mol. The minimum absolute atomic E-state index is 0.0600. The molecule has 0 saturated carbocycles. The fourth-order valence-corrected chi connectivity index (χ4v) is 2.48. The molecule has 0 spiro atoms. The van der Waals surface area contributed by atoms with Crippen LogP contribution in [0.25, 0.3) is 0 Å². The molecule has 0 amide bonds. The molecule has 0 aliphatic rings. The third-order valence-corrected chi connectivity index (χ3v) is 3.96. The molecule has 0 aliphatic heterocycles. The maximum Gasteiger partial charge on any atom is 0.466 e. The zero-order valence-electron chi connectivity index (χ0n) is 19.1. The van der Waals surface area contributed by atoms with Crippen molar-refractivity contribution in [2.75, 3.05) is 26.4 Å². The number of aliphatic hydroxyl groups is 2. The summed E-state index contributed by atoms with van der Waals surface area (Å²) in [6.07, 6.45) is 20.4. The number of phosphoric acid groups is 1. The number of unbranched alkanes of at least 4 members (excludes halogenated alkanes) is 13. The van der Waals surface area contributed by atoms with E-state index in [9.17, 15) is 0 Å². The van der Waals surface area contributed by atoms with Crippen molar-refractivity contribution in [3.63, 3.8) is 0 Å². The van der Waals surface area contributed by atoms with Crippen LogP contribution in [0.3, 0.4) is 0 Å². The van der Waals surface area contributed by atoms with E-state index < -0.39 is 7.82 Å². The lowest BCUT2D eigenvalue weighted by Gasteiger charge is -2.02. The van der Waals surface area contributed by atoms with E-state index >= 15 is 0 Å². The Labute approximate surface area is 183 Å². The molecule has 0 unspecified atom stereocenters. The SMILES string of the molecule is CCCCCCCCCCCCCCCC.O=P(O)(O)O.OCCONOCCO. The quantitative estimate of drug-likeness (QED) is 0.0954. The molecule has 0 rings (SSSR count). The molecular weight excluding hydrogens is 413 g/mol. The first kappa shape index (κ1) is 34.5. The smallest absolute Gasteiger partial charge is 0.394 e. The number of hydrogen-bond acceptors (Lipinski definition) is 6. The monoisotopic (exact) mass is 461 g/mol. The Morgan fingerprint density at radius 2 is 0.833 bits per heavy atom. The van der Waals surface area contributed by atoms with Gasteiger partial charge in [-0.2, -0.15) is 0 Å². The molecule has 10 heteroatoms. The van der Waals surface area contributed by atoms with E-state index in [0.29, 0.717) is 0 Å². The molecule has 0 aromatic rings. The molecule has 0 heterocycles. The van der Waals surface area contributed by atoms with Crippen molar-refractivity contribution < 1.29 is 39.1 Å². The van der Waals surface area contributed by atoms with E-state index in [2.05, 4.69) is 29.2 Å². The Kier molecular flexibility index (Phi) is 35.8. The summed E-state index contributed by atoms with van der Waals surface area (Å²) in [6, 6.07) is 0.